The SMILES string of the molecule is CC1CCCCC1N1C[C@@H](C)[C@H](C(=O)O)C1. The Bertz CT molecular complexity index is 267. The van der Waals surface area contributed by atoms with Crippen LogP contribution in [0.5, 0.6) is 0 Å². The zero-order chi connectivity index (χ0) is 11.7. The van der Waals surface area contributed by atoms with Gasteiger partial charge in [0.2, 0.25) is 0 Å². The number of carboxylic acid groups (broad SMARTS) is 1. The van der Waals surface area contributed by atoms with Crippen LogP contribution in [0.15, 0.2) is 0 Å². The molecule has 2 rings (SSSR count). The molecular weight excluding hydrogens is 202 g/mol. The molecule has 1 aliphatic carbocycles. The molecule has 2 aliphatic rings. The zero-order valence-electron chi connectivity index (χ0n) is 10.4. The molecule has 1 saturated carbocycles. The van der Waals surface area contributed by atoms with E-state index in [1.54, 1.807) is 0 Å². The van der Waals surface area contributed by atoms with E-state index in [4.69, 9.17) is 5.11 Å². The van der Waals surface area contributed by atoms with Crippen LogP contribution >= 0.6 is 0 Å². The van der Waals surface area contributed by atoms with E-state index in [-0.39, 0.29) is 5.92 Å². The molecule has 1 saturated heterocycles. The Morgan fingerprint density at radius 2 is 1.81 bits per heavy atom. The highest BCUT2D eigenvalue weighted by molar-refractivity contribution is 5.71. The second-order valence-corrected chi connectivity index (χ2v) is 5.71. The third-order valence-electron chi connectivity index (χ3n) is 4.49. The number of hydrogen-bond donors (Lipinski definition) is 1. The summed E-state index contributed by atoms with van der Waals surface area (Å²) in [6.45, 7) is 6.15. The van der Waals surface area contributed by atoms with E-state index in [0.717, 1.165) is 19.0 Å². The van der Waals surface area contributed by atoms with Crippen molar-refractivity contribution in [2.75, 3.05) is 13.1 Å². The molecule has 0 amide bonds. The van der Waals surface area contributed by atoms with Crippen LogP contribution in [-0.4, -0.2) is 35.1 Å². The predicted octanol–water partition coefficient (Wildman–Crippen LogP) is 2.22. The molecule has 3 heteroatoms. The van der Waals surface area contributed by atoms with E-state index in [1.165, 1.54) is 25.7 Å². The van der Waals surface area contributed by atoms with Gasteiger partial charge in [0.25, 0.3) is 0 Å². The van der Waals surface area contributed by atoms with E-state index in [9.17, 15) is 4.79 Å². The summed E-state index contributed by atoms with van der Waals surface area (Å²) in [6.07, 6.45) is 5.24. The molecule has 92 valence electrons. The van der Waals surface area contributed by atoms with Gasteiger partial charge >= 0.3 is 5.97 Å². The Balaban J connectivity index is 1.98. The molecule has 0 spiro atoms. The van der Waals surface area contributed by atoms with Crippen LogP contribution in [0.25, 0.3) is 0 Å². The van der Waals surface area contributed by atoms with Gasteiger partial charge < -0.3 is 5.11 Å². The first-order valence-electron chi connectivity index (χ1n) is 6.56. The minimum atomic E-state index is -0.613. The molecule has 16 heavy (non-hydrogen) atoms. The van der Waals surface area contributed by atoms with E-state index in [2.05, 4.69) is 18.7 Å². The summed E-state index contributed by atoms with van der Waals surface area (Å²) in [6, 6.07) is 0.639. The lowest BCUT2D eigenvalue weighted by atomic mass is 9.85. The molecule has 0 aromatic rings. The summed E-state index contributed by atoms with van der Waals surface area (Å²) in [5.41, 5.74) is 0. The topological polar surface area (TPSA) is 40.5 Å². The maximum absolute atomic E-state index is 11.1. The van der Waals surface area contributed by atoms with Gasteiger partial charge in [0.05, 0.1) is 5.92 Å². The zero-order valence-corrected chi connectivity index (χ0v) is 10.4. The number of carbonyl (C=O) groups is 1. The van der Waals surface area contributed by atoms with Crippen LogP contribution in [0.1, 0.15) is 39.5 Å². The van der Waals surface area contributed by atoms with E-state index in [0.29, 0.717) is 12.0 Å². The van der Waals surface area contributed by atoms with Crippen molar-refractivity contribution >= 4 is 5.97 Å². The second kappa shape index (κ2) is 4.74. The van der Waals surface area contributed by atoms with Crippen molar-refractivity contribution in [2.24, 2.45) is 17.8 Å². The smallest absolute Gasteiger partial charge is 0.308 e. The van der Waals surface area contributed by atoms with Gasteiger partial charge in [-0.2, -0.15) is 0 Å². The Hall–Kier alpha value is -0.570. The fourth-order valence-corrected chi connectivity index (χ4v) is 3.44. The highest BCUT2D eigenvalue weighted by Gasteiger charge is 2.39. The lowest BCUT2D eigenvalue weighted by molar-refractivity contribution is -0.142. The molecule has 2 fully saturated rings. The van der Waals surface area contributed by atoms with Gasteiger partial charge in [-0.15, -0.1) is 0 Å². The Kier molecular flexibility index (Phi) is 3.53. The molecule has 0 aromatic heterocycles. The normalized spacial score (nSPS) is 41.1. The highest BCUT2D eigenvalue weighted by Crippen LogP contribution is 2.33. The third kappa shape index (κ3) is 2.24. The maximum atomic E-state index is 11.1. The van der Waals surface area contributed by atoms with Gasteiger partial charge in [-0.3, -0.25) is 9.69 Å². The molecule has 0 bridgehead atoms. The second-order valence-electron chi connectivity index (χ2n) is 5.71. The predicted molar refractivity (Wildman–Crippen MR) is 63.3 cm³/mol. The highest BCUT2D eigenvalue weighted by atomic mass is 16.4. The maximum Gasteiger partial charge on any atom is 0.308 e. The first-order valence-corrected chi connectivity index (χ1v) is 6.56. The van der Waals surface area contributed by atoms with E-state index < -0.39 is 5.97 Å². The van der Waals surface area contributed by atoms with Gasteiger partial charge in [0, 0.05) is 19.1 Å². The van der Waals surface area contributed by atoms with Gasteiger partial charge in [-0.1, -0.05) is 26.7 Å². The third-order valence-corrected chi connectivity index (χ3v) is 4.49. The van der Waals surface area contributed by atoms with Crippen molar-refractivity contribution in [3.63, 3.8) is 0 Å². The molecule has 1 heterocycles. The monoisotopic (exact) mass is 225 g/mol. The summed E-state index contributed by atoms with van der Waals surface area (Å²) < 4.78 is 0. The van der Waals surface area contributed by atoms with Gasteiger partial charge in [0.15, 0.2) is 0 Å². The fraction of sp³-hybridized carbons (Fsp3) is 0.923. The first kappa shape index (κ1) is 11.9. The van der Waals surface area contributed by atoms with Gasteiger partial charge in [0.1, 0.15) is 0 Å². The molecule has 3 nitrogen and oxygen atoms in total. The van der Waals surface area contributed by atoms with Crippen molar-refractivity contribution in [3.05, 3.63) is 0 Å². The molecule has 2 unspecified atom stereocenters. The number of carboxylic acids is 1. The van der Waals surface area contributed by atoms with Crippen molar-refractivity contribution in [3.8, 4) is 0 Å². The molecule has 1 N–H and O–H groups in total. The fourth-order valence-electron chi connectivity index (χ4n) is 3.44. The standard InChI is InChI=1S/C13H23NO2/c1-9-5-3-4-6-12(9)14-7-10(2)11(8-14)13(15)16/h9-12H,3-8H2,1-2H3,(H,15,16)/t9?,10-,11-,12?/m1/s1. The summed E-state index contributed by atoms with van der Waals surface area (Å²) in [5, 5.41) is 9.14. The average Bonchev–Trinajstić information content (AvgIpc) is 2.61. The quantitative estimate of drug-likeness (QED) is 0.783. The Morgan fingerprint density at radius 3 is 2.38 bits per heavy atom. The summed E-state index contributed by atoms with van der Waals surface area (Å²) >= 11 is 0. The van der Waals surface area contributed by atoms with Crippen molar-refractivity contribution in [2.45, 2.75) is 45.6 Å². The van der Waals surface area contributed by atoms with Crippen LogP contribution in [0, 0.1) is 17.8 Å². The van der Waals surface area contributed by atoms with Crippen LogP contribution in [0.3, 0.4) is 0 Å². The molecule has 0 aromatic carbocycles. The van der Waals surface area contributed by atoms with Crippen LogP contribution < -0.4 is 0 Å². The van der Waals surface area contributed by atoms with Crippen LogP contribution in [0.2, 0.25) is 0 Å². The van der Waals surface area contributed by atoms with Crippen LogP contribution in [-0.2, 0) is 4.79 Å². The number of hydrogen-bond acceptors (Lipinski definition) is 2. The summed E-state index contributed by atoms with van der Waals surface area (Å²) in [7, 11) is 0. The number of aliphatic carboxylic acids is 1. The minimum absolute atomic E-state index is 0.144. The van der Waals surface area contributed by atoms with Crippen molar-refractivity contribution < 1.29 is 9.90 Å². The average molecular weight is 225 g/mol. The van der Waals surface area contributed by atoms with E-state index in [1.807, 2.05) is 0 Å². The van der Waals surface area contributed by atoms with Gasteiger partial charge in [-0.25, -0.2) is 0 Å². The summed E-state index contributed by atoms with van der Waals surface area (Å²) in [5.74, 6) is 0.299. The molecular formula is C13H23NO2. The lowest BCUT2D eigenvalue weighted by Gasteiger charge is -2.36. The van der Waals surface area contributed by atoms with Crippen LogP contribution in [0.4, 0.5) is 0 Å². The van der Waals surface area contributed by atoms with Gasteiger partial charge in [-0.05, 0) is 24.7 Å². The molecule has 4 atom stereocenters. The lowest BCUT2D eigenvalue weighted by Crippen LogP contribution is -2.40. The number of rotatable bonds is 2. The molecule has 0 radical (unpaired) electrons. The molecule has 1 aliphatic heterocycles. The number of nitrogens with zero attached hydrogens (tertiary/aromatic N) is 1. The van der Waals surface area contributed by atoms with Crippen molar-refractivity contribution in [1.82, 2.24) is 4.90 Å². The van der Waals surface area contributed by atoms with E-state index >= 15 is 0 Å². The largest absolute Gasteiger partial charge is 0.481 e. The Morgan fingerprint density at radius 1 is 1.12 bits per heavy atom. The first-order chi connectivity index (χ1) is 7.59. The minimum Gasteiger partial charge on any atom is -0.481 e. The number of likely N-dealkylation sites (tertiary alicyclic amines) is 1. The summed E-state index contributed by atoms with van der Waals surface area (Å²) in [4.78, 5) is 13.5. The Labute approximate surface area is 97.8 Å². The van der Waals surface area contributed by atoms with Crippen molar-refractivity contribution in [1.29, 1.82) is 0 Å².